The normalized spacial score (nSPS) is 17.2. The molecule has 2 aromatic heterocycles. The number of hydrogen-bond donors (Lipinski definition) is 1. The van der Waals surface area contributed by atoms with Crippen molar-refractivity contribution in [3.05, 3.63) is 64.6 Å². The van der Waals surface area contributed by atoms with Crippen molar-refractivity contribution in [2.75, 3.05) is 6.54 Å². The van der Waals surface area contributed by atoms with Crippen LogP contribution in [-0.4, -0.2) is 16.1 Å². The van der Waals surface area contributed by atoms with E-state index in [1.54, 1.807) is 0 Å². The van der Waals surface area contributed by atoms with Crippen LogP contribution in [0.3, 0.4) is 0 Å². The summed E-state index contributed by atoms with van der Waals surface area (Å²) in [6.45, 7) is 8.59. The summed E-state index contributed by atoms with van der Waals surface area (Å²) in [5.74, 6) is 0. The van der Waals surface area contributed by atoms with Crippen LogP contribution >= 0.6 is 0 Å². The topological polar surface area (TPSA) is 29.9 Å². The molecule has 3 nitrogen and oxygen atoms in total. The molecule has 0 amide bonds. The van der Waals surface area contributed by atoms with Gasteiger partial charge in [-0.05, 0) is 56.5 Å². The maximum absolute atomic E-state index is 4.43. The maximum Gasteiger partial charge on any atom is 0.0486 e. The van der Waals surface area contributed by atoms with Crippen molar-refractivity contribution in [2.24, 2.45) is 0 Å². The Bertz CT molecular complexity index is 874. The molecule has 124 valence electrons. The molecule has 0 saturated carbocycles. The molecule has 4 rings (SSSR count). The molecule has 0 bridgehead atoms. The number of nitrogens with one attached hydrogen (secondary N) is 1. The summed E-state index contributed by atoms with van der Waals surface area (Å²) in [6.07, 6.45) is 4.15. The second-order valence-corrected chi connectivity index (χ2v) is 7.02. The van der Waals surface area contributed by atoms with Crippen molar-refractivity contribution in [2.45, 2.75) is 46.2 Å². The summed E-state index contributed by atoms with van der Waals surface area (Å²) < 4.78 is 2.54. The fourth-order valence-corrected chi connectivity index (χ4v) is 3.95. The number of rotatable bonds is 3. The Labute approximate surface area is 143 Å². The molecule has 0 radical (unpaired) electrons. The summed E-state index contributed by atoms with van der Waals surface area (Å²) in [4.78, 5) is 4.43. The lowest BCUT2D eigenvalue weighted by atomic mass is 9.98. The first-order valence-electron chi connectivity index (χ1n) is 8.90. The number of aromatic nitrogens is 2. The van der Waals surface area contributed by atoms with Gasteiger partial charge in [-0.3, -0.25) is 4.98 Å². The molecule has 0 aliphatic carbocycles. The first kappa shape index (κ1) is 15.4. The van der Waals surface area contributed by atoms with Gasteiger partial charge in [0.05, 0.1) is 0 Å². The highest BCUT2D eigenvalue weighted by molar-refractivity contribution is 5.87. The molecule has 3 heterocycles. The van der Waals surface area contributed by atoms with Crippen LogP contribution in [-0.2, 0) is 19.4 Å². The van der Waals surface area contributed by atoms with Gasteiger partial charge >= 0.3 is 0 Å². The monoisotopic (exact) mass is 319 g/mol. The average molecular weight is 319 g/mol. The van der Waals surface area contributed by atoms with Gasteiger partial charge in [-0.1, -0.05) is 17.7 Å². The Kier molecular flexibility index (Phi) is 3.89. The highest BCUT2D eigenvalue weighted by Crippen LogP contribution is 2.34. The summed E-state index contributed by atoms with van der Waals surface area (Å²) >= 11 is 0. The van der Waals surface area contributed by atoms with Gasteiger partial charge in [-0.2, -0.15) is 0 Å². The first-order valence-corrected chi connectivity index (χ1v) is 8.90. The van der Waals surface area contributed by atoms with Gasteiger partial charge in [-0.15, -0.1) is 0 Å². The van der Waals surface area contributed by atoms with Crippen molar-refractivity contribution < 1.29 is 0 Å². The molecular weight excluding hydrogens is 294 g/mol. The Morgan fingerprint density at radius 3 is 2.88 bits per heavy atom. The van der Waals surface area contributed by atoms with Gasteiger partial charge in [0, 0.05) is 54.0 Å². The summed E-state index contributed by atoms with van der Waals surface area (Å²) in [5.41, 5.74) is 8.12. The van der Waals surface area contributed by atoms with Crippen LogP contribution in [0.2, 0.25) is 0 Å². The maximum atomic E-state index is 4.43. The summed E-state index contributed by atoms with van der Waals surface area (Å²) in [6, 6.07) is 11.6. The standard InChI is InChI=1S/C21H25N3/c1-14-4-7-19-18(12-14)21-16(3)22-10-8-20(21)24(19)11-9-17-6-5-15(2)23-13-17/h4-7,12-13,16,22H,8-11H2,1-3H3. The lowest BCUT2D eigenvalue weighted by molar-refractivity contribution is 0.521. The van der Waals surface area contributed by atoms with Crippen LogP contribution in [0.5, 0.6) is 0 Å². The Morgan fingerprint density at radius 2 is 2.08 bits per heavy atom. The van der Waals surface area contributed by atoms with Crippen LogP contribution in [0.25, 0.3) is 10.9 Å². The third kappa shape index (κ3) is 2.63. The number of fused-ring (bicyclic) bond motifs is 3. The second-order valence-electron chi connectivity index (χ2n) is 7.02. The SMILES string of the molecule is Cc1ccc2c(c1)c1c(n2CCc2ccc(C)nc2)CCNC1C. The largest absolute Gasteiger partial charge is 0.344 e. The molecule has 1 unspecified atom stereocenters. The number of benzene rings is 1. The van der Waals surface area contributed by atoms with E-state index in [0.717, 1.165) is 31.6 Å². The molecular formula is C21H25N3. The minimum absolute atomic E-state index is 0.431. The zero-order valence-corrected chi connectivity index (χ0v) is 14.8. The van der Waals surface area contributed by atoms with Crippen LogP contribution in [0.4, 0.5) is 0 Å². The van der Waals surface area contributed by atoms with Crippen LogP contribution < -0.4 is 5.32 Å². The Hall–Kier alpha value is -2.13. The molecule has 1 aliphatic heterocycles. The molecule has 1 N–H and O–H groups in total. The van der Waals surface area contributed by atoms with Gasteiger partial charge in [0.1, 0.15) is 0 Å². The quantitative estimate of drug-likeness (QED) is 0.787. The third-order valence-electron chi connectivity index (χ3n) is 5.21. The molecule has 3 heteroatoms. The smallest absolute Gasteiger partial charge is 0.0486 e. The van der Waals surface area contributed by atoms with Gasteiger partial charge in [0.2, 0.25) is 0 Å². The number of aryl methyl sites for hydroxylation is 4. The van der Waals surface area contributed by atoms with Gasteiger partial charge < -0.3 is 9.88 Å². The fraction of sp³-hybridized carbons (Fsp3) is 0.381. The van der Waals surface area contributed by atoms with E-state index < -0.39 is 0 Å². The fourth-order valence-electron chi connectivity index (χ4n) is 3.95. The van der Waals surface area contributed by atoms with E-state index in [9.17, 15) is 0 Å². The number of pyridine rings is 1. The van der Waals surface area contributed by atoms with Gasteiger partial charge in [-0.25, -0.2) is 0 Å². The van der Waals surface area contributed by atoms with E-state index in [1.807, 2.05) is 13.1 Å². The molecule has 1 aliphatic rings. The molecule has 0 fully saturated rings. The Balaban J connectivity index is 1.75. The third-order valence-corrected chi connectivity index (χ3v) is 5.21. The highest BCUT2D eigenvalue weighted by atomic mass is 15.0. The van der Waals surface area contributed by atoms with Crippen molar-refractivity contribution in [3.8, 4) is 0 Å². The van der Waals surface area contributed by atoms with E-state index >= 15 is 0 Å². The van der Waals surface area contributed by atoms with Crippen molar-refractivity contribution in [1.82, 2.24) is 14.9 Å². The van der Waals surface area contributed by atoms with E-state index in [0.29, 0.717) is 6.04 Å². The van der Waals surface area contributed by atoms with E-state index in [4.69, 9.17) is 0 Å². The minimum Gasteiger partial charge on any atom is -0.344 e. The minimum atomic E-state index is 0.431. The molecule has 0 spiro atoms. The molecule has 0 saturated heterocycles. The van der Waals surface area contributed by atoms with Crippen molar-refractivity contribution in [3.63, 3.8) is 0 Å². The number of nitrogens with zero attached hydrogens (tertiary/aromatic N) is 2. The lowest BCUT2D eigenvalue weighted by Crippen LogP contribution is -2.28. The molecule has 1 aromatic carbocycles. The first-order chi connectivity index (χ1) is 11.6. The van der Waals surface area contributed by atoms with E-state index in [1.165, 1.54) is 33.3 Å². The molecule has 3 aromatic rings. The predicted molar refractivity (Wildman–Crippen MR) is 99.5 cm³/mol. The van der Waals surface area contributed by atoms with Crippen molar-refractivity contribution >= 4 is 10.9 Å². The average Bonchev–Trinajstić information content (AvgIpc) is 2.88. The van der Waals surface area contributed by atoms with Crippen LogP contribution in [0, 0.1) is 13.8 Å². The van der Waals surface area contributed by atoms with Gasteiger partial charge in [0.15, 0.2) is 0 Å². The predicted octanol–water partition coefficient (Wildman–Crippen LogP) is 4.10. The molecule has 1 atom stereocenters. The number of hydrogen-bond acceptors (Lipinski definition) is 2. The Morgan fingerprint density at radius 1 is 1.21 bits per heavy atom. The van der Waals surface area contributed by atoms with Gasteiger partial charge in [0.25, 0.3) is 0 Å². The van der Waals surface area contributed by atoms with Crippen LogP contribution in [0.15, 0.2) is 36.5 Å². The zero-order valence-electron chi connectivity index (χ0n) is 14.8. The van der Waals surface area contributed by atoms with Crippen LogP contribution in [0.1, 0.15) is 41.0 Å². The highest BCUT2D eigenvalue weighted by Gasteiger charge is 2.24. The molecule has 24 heavy (non-hydrogen) atoms. The second kappa shape index (κ2) is 6.06. The lowest BCUT2D eigenvalue weighted by Gasteiger charge is -2.23. The van der Waals surface area contributed by atoms with E-state index in [-0.39, 0.29) is 0 Å². The summed E-state index contributed by atoms with van der Waals surface area (Å²) in [7, 11) is 0. The van der Waals surface area contributed by atoms with E-state index in [2.05, 4.69) is 59.0 Å². The zero-order chi connectivity index (χ0) is 16.7. The van der Waals surface area contributed by atoms with Crippen molar-refractivity contribution in [1.29, 1.82) is 0 Å². The summed E-state index contributed by atoms with van der Waals surface area (Å²) in [5, 5.41) is 5.04.